The van der Waals surface area contributed by atoms with Gasteiger partial charge < -0.3 is 13.3 Å². The Balaban J connectivity index is 0.000000148. The normalized spacial score (nSPS) is 16.2. The molecule has 0 aliphatic carbocycles. The molecule has 0 unspecified atom stereocenters. The Kier molecular flexibility index (Phi) is 10.9. The number of fused-ring (bicyclic) bond motifs is 9. The third-order valence-electron chi connectivity index (χ3n) is 17.0. The maximum Gasteiger partial charge on any atom is 0.227 e. The molecule has 9 aromatic heterocycles. The van der Waals surface area contributed by atoms with E-state index in [9.17, 15) is 0 Å². The summed E-state index contributed by atoms with van der Waals surface area (Å²) in [5, 5.41) is 4.12. The Morgan fingerprint density at radius 3 is 1.27 bits per heavy atom. The fraction of sp³-hybridized carbons (Fsp3) is 0.205. The Hall–Kier alpha value is -10.4. The Morgan fingerprint density at radius 1 is 0.359 bits per heavy atom. The van der Waals surface area contributed by atoms with E-state index in [1.54, 1.807) is 18.2 Å². The molecule has 92 heavy (non-hydrogen) atoms. The second kappa shape index (κ2) is 24.8. The molecule has 0 aliphatic rings. The van der Waals surface area contributed by atoms with Gasteiger partial charge in [0.05, 0.1) is 22.3 Å². The number of furan rings is 3. The van der Waals surface area contributed by atoms with Crippen LogP contribution in [0.15, 0.2) is 220 Å². The van der Waals surface area contributed by atoms with Crippen LogP contribution < -0.4 is 13.7 Å². The second-order valence-corrected chi connectivity index (χ2v) is 23.3. The minimum atomic E-state index is -3.13. The highest BCUT2D eigenvalue weighted by Crippen LogP contribution is 2.42. The number of rotatable bonds is 9. The number of pyridine rings is 6. The maximum absolute atomic E-state index is 8.50. The Labute approximate surface area is 568 Å². The highest BCUT2D eigenvalue weighted by Gasteiger charge is 2.27. The molecule has 15 aromatic rings. The topological polar surface area (TPSA) is 89.7 Å². The Morgan fingerprint density at radius 2 is 0.793 bits per heavy atom. The number of hydrogen-bond donors (Lipinski definition) is 0. The molecule has 9 nitrogen and oxygen atoms in total. The fourth-order valence-corrected chi connectivity index (χ4v) is 12.1. The van der Waals surface area contributed by atoms with Crippen molar-refractivity contribution in [2.75, 3.05) is 0 Å². The van der Waals surface area contributed by atoms with Crippen LogP contribution in [-0.4, -0.2) is 15.0 Å². The van der Waals surface area contributed by atoms with Gasteiger partial charge in [-0.1, -0.05) is 167 Å². The quantitative estimate of drug-likeness (QED) is 0.134. The molecule has 6 aromatic carbocycles. The summed E-state index contributed by atoms with van der Waals surface area (Å²) >= 11 is 0. The molecule has 0 radical (unpaired) electrons. The first-order valence-electron chi connectivity index (χ1n) is 40.5. The molecular formula is C83H79N6O3+3. The summed E-state index contributed by atoms with van der Waals surface area (Å²) in [7, 11) is 5.87. The molecule has 0 bridgehead atoms. The smallest absolute Gasteiger partial charge is 0.227 e. The van der Waals surface area contributed by atoms with Gasteiger partial charge in [0, 0.05) is 108 Å². The first-order valence-corrected chi connectivity index (χ1v) is 30.0. The van der Waals surface area contributed by atoms with Crippen molar-refractivity contribution >= 4 is 66.2 Å². The van der Waals surface area contributed by atoms with E-state index in [1.807, 2.05) is 166 Å². The van der Waals surface area contributed by atoms with Gasteiger partial charge in [0.25, 0.3) is 0 Å². The molecular weight excluding hydrogens is 1130 g/mol. The number of aromatic nitrogens is 6. The van der Waals surface area contributed by atoms with E-state index >= 15 is 0 Å². The Bertz CT molecular complexity index is 6150. The van der Waals surface area contributed by atoms with E-state index in [0.29, 0.717) is 32.9 Å². The largest absolute Gasteiger partial charge is 0.437 e. The van der Waals surface area contributed by atoms with Crippen molar-refractivity contribution in [3.05, 3.63) is 252 Å². The molecule has 456 valence electrons. The minimum Gasteiger partial charge on any atom is -0.437 e. The fourth-order valence-electron chi connectivity index (χ4n) is 12.1. The summed E-state index contributed by atoms with van der Waals surface area (Å²) in [6.45, 7) is -8.72. The van der Waals surface area contributed by atoms with Crippen molar-refractivity contribution in [1.29, 1.82) is 0 Å². The van der Waals surface area contributed by atoms with Crippen LogP contribution in [0.25, 0.3) is 133 Å². The van der Waals surface area contributed by atoms with Crippen LogP contribution in [0, 0.1) is 34.6 Å². The average Bonchev–Trinajstić information content (AvgIpc) is 1.73. The number of benzene rings is 6. The van der Waals surface area contributed by atoms with Crippen LogP contribution in [-0.2, 0) is 21.1 Å². The van der Waals surface area contributed by atoms with Gasteiger partial charge in [0.2, 0.25) is 34.2 Å². The van der Waals surface area contributed by atoms with Gasteiger partial charge in [-0.2, -0.15) is 0 Å². The molecule has 9 heterocycles. The summed E-state index contributed by atoms with van der Waals surface area (Å²) in [5.41, 5.74) is 17.7. The van der Waals surface area contributed by atoms with E-state index in [2.05, 4.69) is 88.7 Å². The van der Waals surface area contributed by atoms with Gasteiger partial charge in [-0.25, -0.2) is 28.7 Å². The lowest BCUT2D eigenvalue weighted by molar-refractivity contribution is -0.660. The summed E-state index contributed by atoms with van der Waals surface area (Å²) in [6.07, 6.45) is 6.00. The van der Waals surface area contributed by atoms with Crippen LogP contribution in [0.4, 0.5) is 0 Å². The molecule has 0 amide bonds. The third kappa shape index (κ3) is 11.4. The zero-order valence-corrected chi connectivity index (χ0v) is 52.0. The maximum atomic E-state index is 8.50. The monoisotopic (exact) mass is 1230 g/mol. The summed E-state index contributed by atoms with van der Waals surface area (Å²) in [4.78, 5) is 12.9. The first-order chi connectivity index (χ1) is 52.8. The van der Waals surface area contributed by atoms with Crippen molar-refractivity contribution in [2.45, 2.75) is 93.4 Å². The molecule has 0 saturated carbocycles. The van der Waals surface area contributed by atoms with Crippen molar-refractivity contribution < 1.29 is 55.7 Å². The molecule has 0 spiro atoms. The number of aryl methyl sites for hydroxylation is 8. The lowest BCUT2D eigenvalue weighted by atomic mass is 9.94. The predicted octanol–water partition coefficient (Wildman–Crippen LogP) is 20.3. The van der Waals surface area contributed by atoms with Crippen molar-refractivity contribution in [3.63, 3.8) is 0 Å². The first kappa shape index (κ1) is 40.4. The zero-order chi connectivity index (χ0) is 82.0. The van der Waals surface area contributed by atoms with Crippen molar-refractivity contribution in [1.82, 2.24) is 15.0 Å². The van der Waals surface area contributed by atoms with Crippen LogP contribution in [0.3, 0.4) is 0 Å². The second-order valence-electron chi connectivity index (χ2n) is 23.3. The average molecular weight is 1230 g/mol. The van der Waals surface area contributed by atoms with Crippen LogP contribution >= 0.6 is 0 Å². The van der Waals surface area contributed by atoms with Gasteiger partial charge in [0.1, 0.15) is 21.1 Å². The van der Waals surface area contributed by atoms with Gasteiger partial charge in [-0.3, -0.25) is 0 Å². The molecule has 9 heteroatoms. The van der Waals surface area contributed by atoms with E-state index in [4.69, 9.17) is 42.0 Å². The molecule has 15 rings (SSSR count). The van der Waals surface area contributed by atoms with E-state index in [1.165, 1.54) is 29.3 Å². The van der Waals surface area contributed by atoms with Gasteiger partial charge in [-0.05, 0) is 140 Å². The van der Waals surface area contributed by atoms with E-state index in [0.717, 1.165) is 100 Å². The van der Waals surface area contributed by atoms with Crippen molar-refractivity contribution in [3.8, 4) is 67.2 Å². The summed E-state index contributed by atoms with van der Waals surface area (Å²) < 4.78 is 191. The minimum absolute atomic E-state index is 0.0873. The number of hydrogen-bond acceptors (Lipinski definition) is 6. The van der Waals surface area contributed by atoms with Crippen LogP contribution in [0.5, 0.6) is 0 Å². The summed E-state index contributed by atoms with van der Waals surface area (Å²) in [5.74, 6) is -8.71. The zero-order valence-electron chi connectivity index (χ0n) is 73.0. The third-order valence-corrected chi connectivity index (χ3v) is 17.0. The lowest BCUT2D eigenvalue weighted by Crippen LogP contribution is -2.31. The molecule has 0 saturated heterocycles. The van der Waals surface area contributed by atoms with Gasteiger partial charge >= 0.3 is 0 Å². The lowest BCUT2D eigenvalue weighted by Gasteiger charge is -2.10. The van der Waals surface area contributed by atoms with Gasteiger partial charge in [-0.15, -0.1) is 0 Å². The van der Waals surface area contributed by atoms with Crippen LogP contribution in [0.2, 0.25) is 0 Å². The number of nitrogens with zero attached hydrogens (tertiary/aromatic N) is 6. The highest BCUT2D eigenvalue weighted by atomic mass is 16.3. The predicted molar refractivity (Wildman–Crippen MR) is 377 cm³/mol. The van der Waals surface area contributed by atoms with Gasteiger partial charge in [0.15, 0.2) is 35.3 Å². The van der Waals surface area contributed by atoms with Crippen LogP contribution in [0.1, 0.15) is 132 Å². The molecule has 0 fully saturated rings. The van der Waals surface area contributed by atoms with Crippen molar-refractivity contribution in [2.24, 2.45) is 21.1 Å². The van der Waals surface area contributed by atoms with E-state index in [-0.39, 0.29) is 34.2 Å². The molecule has 0 aliphatic heterocycles. The SMILES string of the molecule is [2H]C([2H])([2H])C([2H])(c1ccc2c(n1)oc1c(-c3c(-c4ccccc4)ccc[n+]3C)c(C)ccc12)C([2H])([2H])[2H].[2H]C([2H])([2H])C([2H])(c1ccc2c(n1)oc1c(-c3cc(-c4ccc(C)cc4)cc[n+]3C)c(C)ccc12)C([2H])([2H])[2H].[2H]C([2H])([2H])C([2H])(c1ccc2c(n1)oc1c(-c3ccc(-c4ccc(C)cc4)c[n+]3C)c(C)ccc12)C([2H])([2H])[2H]. The standard InChI is InChI=1S/2C28H27N2O.C27H25N2O/c1-17(2)24-14-13-23-22-12-8-19(4)26(27(22)31-28(23)29-24)25-15-11-21(16-30(25)5)20-9-6-18(3)7-10-20;1-17(2)24-13-12-23-22-11-8-19(4)26(27(22)31-28(23)29-24)25-16-21(14-15-30(25)5)20-9-6-18(3)7-10-20;1-17(2)23-15-14-22-21-13-12-18(3)24(26(21)30-27(22)28-23)25-20(11-8-16-29(25)4)19-9-6-5-7-10-19/h2*6-17H,1-5H3;5-17H,1-4H3/q3*+1/i3*1D3,2D3,17D. The molecule has 0 atom stereocenters. The van der Waals surface area contributed by atoms with E-state index < -0.39 is 58.8 Å². The summed E-state index contributed by atoms with van der Waals surface area (Å²) in [6, 6.07) is 59.2. The molecule has 0 N–H and O–H groups in total. The highest BCUT2D eigenvalue weighted by molar-refractivity contribution is 6.11.